The van der Waals surface area contributed by atoms with Crippen molar-refractivity contribution in [3.8, 4) is 11.5 Å². The average Bonchev–Trinajstić information content (AvgIpc) is 3.30. The van der Waals surface area contributed by atoms with Crippen molar-refractivity contribution in [1.29, 1.82) is 0 Å². The van der Waals surface area contributed by atoms with Crippen LogP contribution in [0.3, 0.4) is 0 Å². The maximum absolute atomic E-state index is 12.7. The summed E-state index contributed by atoms with van der Waals surface area (Å²) >= 11 is 1.29. The zero-order chi connectivity index (χ0) is 22.0. The van der Waals surface area contributed by atoms with E-state index < -0.39 is 9.84 Å². The molecule has 5 nitrogen and oxygen atoms in total. The summed E-state index contributed by atoms with van der Waals surface area (Å²) < 4.78 is 31.1. The lowest BCUT2D eigenvalue weighted by Gasteiger charge is -2.02. The lowest BCUT2D eigenvalue weighted by Crippen LogP contribution is -1.96. The van der Waals surface area contributed by atoms with Gasteiger partial charge < -0.3 is 4.42 Å². The molecule has 0 atom stereocenters. The van der Waals surface area contributed by atoms with Gasteiger partial charge in [0, 0.05) is 16.7 Å². The van der Waals surface area contributed by atoms with Crippen LogP contribution in [0.25, 0.3) is 33.0 Å². The minimum Gasteiger partial charge on any atom is -0.411 e. The highest BCUT2D eigenvalue weighted by molar-refractivity contribution is 7.99. The van der Waals surface area contributed by atoms with Crippen LogP contribution in [0.5, 0.6) is 0 Å². The zero-order valence-electron chi connectivity index (χ0n) is 16.9. The van der Waals surface area contributed by atoms with Crippen LogP contribution in [0.15, 0.2) is 111 Å². The monoisotopic (exact) mass is 458 g/mol. The number of aromatic nitrogens is 2. The maximum Gasteiger partial charge on any atom is 0.277 e. The van der Waals surface area contributed by atoms with Gasteiger partial charge in [-0.2, -0.15) is 0 Å². The fourth-order valence-electron chi connectivity index (χ4n) is 3.50. The Morgan fingerprint density at radius 1 is 0.812 bits per heavy atom. The van der Waals surface area contributed by atoms with Crippen LogP contribution in [0.1, 0.15) is 0 Å². The highest BCUT2D eigenvalue weighted by atomic mass is 32.2. The smallest absolute Gasteiger partial charge is 0.277 e. The first-order valence-corrected chi connectivity index (χ1v) is 12.5. The van der Waals surface area contributed by atoms with Crippen molar-refractivity contribution in [2.24, 2.45) is 0 Å². The minimum absolute atomic E-state index is 0.272. The third kappa shape index (κ3) is 4.17. The molecule has 0 aliphatic rings. The molecule has 0 fully saturated rings. The number of rotatable bonds is 6. The third-order valence-electron chi connectivity index (χ3n) is 5.05. The van der Waals surface area contributed by atoms with Crippen molar-refractivity contribution < 1.29 is 12.8 Å². The second kappa shape index (κ2) is 8.61. The van der Waals surface area contributed by atoms with Crippen LogP contribution in [0.2, 0.25) is 0 Å². The number of fused-ring (bicyclic) bond motifs is 2. The Labute approximate surface area is 189 Å². The molecule has 0 unspecified atom stereocenters. The molecule has 0 radical (unpaired) electrons. The summed E-state index contributed by atoms with van der Waals surface area (Å²) in [5.41, 5.74) is 0.872. The number of sulfone groups is 1. The van der Waals surface area contributed by atoms with Crippen molar-refractivity contribution in [3.05, 3.63) is 96.4 Å². The fraction of sp³-hybridized carbons (Fsp3) is 0.0400. The summed E-state index contributed by atoms with van der Waals surface area (Å²) in [6.45, 7) is 0. The molecule has 5 rings (SSSR count). The predicted molar refractivity (Wildman–Crippen MR) is 128 cm³/mol. The number of hydrogen-bond donors (Lipinski definition) is 0. The third-order valence-corrected chi connectivity index (χ3v) is 7.29. The molecule has 7 heteroatoms. The Kier molecular flexibility index (Phi) is 5.51. The number of nitrogens with zero attached hydrogens (tertiary/aromatic N) is 2. The molecule has 0 spiro atoms. The van der Waals surface area contributed by atoms with Gasteiger partial charge in [0.2, 0.25) is 5.89 Å². The highest BCUT2D eigenvalue weighted by Gasteiger charge is 2.13. The first-order valence-electron chi connectivity index (χ1n) is 9.95. The van der Waals surface area contributed by atoms with Gasteiger partial charge in [0.1, 0.15) is 0 Å². The normalized spacial score (nSPS) is 12.1. The van der Waals surface area contributed by atoms with Crippen LogP contribution < -0.4 is 0 Å². The Morgan fingerprint density at radius 2 is 1.56 bits per heavy atom. The standard InChI is InChI=1S/C25H18N2O3S2/c28-32(29,21-14-13-18-7-1-2-9-20(18)17-21)16-6-15-31-25-27-26-24(30-25)23-12-5-10-19-8-3-4-11-22(19)23/h1-14,16-17H,15H2/b16-6+. The molecule has 0 N–H and O–H groups in total. The van der Waals surface area contributed by atoms with Crippen LogP contribution in [0.4, 0.5) is 0 Å². The maximum atomic E-state index is 12.7. The average molecular weight is 459 g/mol. The van der Waals surface area contributed by atoms with Gasteiger partial charge in [-0.25, -0.2) is 8.42 Å². The summed E-state index contributed by atoms with van der Waals surface area (Å²) in [6.07, 6.45) is 1.59. The van der Waals surface area contributed by atoms with E-state index in [1.165, 1.54) is 17.2 Å². The van der Waals surface area contributed by atoms with E-state index in [1.807, 2.05) is 72.8 Å². The Morgan fingerprint density at radius 3 is 2.44 bits per heavy atom. The van der Waals surface area contributed by atoms with Crippen molar-refractivity contribution in [1.82, 2.24) is 10.2 Å². The summed E-state index contributed by atoms with van der Waals surface area (Å²) in [5, 5.41) is 13.9. The van der Waals surface area contributed by atoms with Gasteiger partial charge in [-0.05, 0) is 39.7 Å². The van der Waals surface area contributed by atoms with Crippen molar-refractivity contribution in [2.75, 3.05) is 5.75 Å². The van der Waals surface area contributed by atoms with Crippen LogP contribution in [-0.4, -0.2) is 24.4 Å². The number of hydrogen-bond acceptors (Lipinski definition) is 6. The van der Waals surface area contributed by atoms with E-state index in [2.05, 4.69) is 10.2 Å². The van der Waals surface area contributed by atoms with Crippen LogP contribution in [-0.2, 0) is 9.84 Å². The Bertz CT molecular complexity index is 1550. The van der Waals surface area contributed by atoms with E-state index in [0.29, 0.717) is 16.9 Å². The van der Waals surface area contributed by atoms with Gasteiger partial charge in [0.15, 0.2) is 9.84 Å². The molecule has 1 heterocycles. The molecule has 0 aliphatic heterocycles. The van der Waals surface area contributed by atoms with Gasteiger partial charge in [0.25, 0.3) is 5.22 Å². The predicted octanol–water partition coefficient (Wildman–Crippen LogP) is 6.12. The van der Waals surface area contributed by atoms with Crippen molar-refractivity contribution in [3.63, 3.8) is 0 Å². The van der Waals surface area contributed by atoms with Crippen molar-refractivity contribution >= 4 is 43.1 Å². The SMILES string of the molecule is O=S(=O)(/C=C/CSc1nnc(-c2cccc3ccccc23)o1)c1ccc2ccccc2c1. The number of thioether (sulfide) groups is 1. The summed E-state index contributed by atoms with van der Waals surface area (Å²) in [6, 6.07) is 26.7. The topological polar surface area (TPSA) is 73.1 Å². The summed E-state index contributed by atoms with van der Waals surface area (Å²) in [4.78, 5) is 0.272. The largest absolute Gasteiger partial charge is 0.411 e. The molecule has 4 aromatic carbocycles. The summed E-state index contributed by atoms with van der Waals surface area (Å²) in [7, 11) is -3.53. The van der Waals surface area contributed by atoms with Crippen LogP contribution >= 0.6 is 11.8 Å². The van der Waals surface area contributed by atoms with E-state index in [9.17, 15) is 8.42 Å². The number of benzene rings is 4. The Balaban J connectivity index is 1.28. The van der Waals surface area contributed by atoms with E-state index in [4.69, 9.17) is 4.42 Å². The van der Waals surface area contributed by atoms with Gasteiger partial charge in [0.05, 0.1) is 4.90 Å². The molecular formula is C25H18N2O3S2. The molecule has 32 heavy (non-hydrogen) atoms. The molecule has 0 aliphatic carbocycles. The van der Waals surface area contributed by atoms with E-state index in [0.717, 1.165) is 27.1 Å². The quantitative estimate of drug-likeness (QED) is 0.285. The lowest BCUT2D eigenvalue weighted by atomic mass is 10.0. The molecule has 0 saturated heterocycles. The second-order valence-corrected chi connectivity index (χ2v) is 9.94. The van der Waals surface area contributed by atoms with Gasteiger partial charge >= 0.3 is 0 Å². The summed E-state index contributed by atoms with van der Waals surface area (Å²) in [5.74, 6) is 0.835. The highest BCUT2D eigenvalue weighted by Crippen LogP contribution is 2.29. The van der Waals surface area contributed by atoms with Gasteiger partial charge in [-0.15, -0.1) is 10.2 Å². The van der Waals surface area contributed by atoms with E-state index in [1.54, 1.807) is 18.2 Å². The minimum atomic E-state index is -3.53. The molecule has 1 aromatic heterocycles. The molecule has 0 amide bonds. The van der Waals surface area contributed by atoms with Crippen molar-refractivity contribution in [2.45, 2.75) is 10.1 Å². The molecule has 0 bridgehead atoms. The first-order chi connectivity index (χ1) is 15.6. The lowest BCUT2D eigenvalue weighted by molar-refractivity contribution is 0.466. The fourth-order valence-corrected chi connectivity index (χ4v) is 5.25. The van der Waals surface area contributed by atoms with Crippen LogP contribution in [0, 0.1) is 0 Å². The van der Waals surface area contributed by atoms with Gasteiger partial charge in [-0.3, -0.25) is 0 Å². The molecular weight excluding hydrogens is 440 g/mol. The van der Waals surface area contributed by atoms with E-state index >= 15 is 0 Å². The molecule has 5 aromatic rings. The second-order valence-electron chi connectivity index (χ2n) is 7.14. The molecule has 0 saturated carbocycles. The first kappa shape index (κ1) is 20.5. The Hall–Kier alpha value is -3.42. The zero-order valence-corrected chi connectivity index (χ0v) is 18.5. The molecule has 158 valence electrons. The van der Waals surface area contributed by atoms with E-state index in [-0.39, 0.29) is 4.90 Å². The van der Waals surface area contributed by atoms with Gasteiger partial charge in [-0.1, -0.05) is 84.6 Å².